The molecule has 0 radical (unpaired) electrons. The van der Waals surface area contributed by atoms with E-state index in [0.29, 0.717) is 12.0 Å². The largest absolute Gasteiger partial charge is 0.495 e. The lowest BCUT2D eigenvalue weighted by molar-refractivity contribution is 0.352. The van der Waals surface area contributed by atoms with Crippen LogP contribution in [-0.2, 0) is 17.5 Å². The summed E-state index contributed by atoms with van der Waals surface area (Å²) in [5, 5.41) is 0.275. The quantitative estimate of drug-likeness (QED) is 0.109. The van der Waals surface area contributed by atoms with Gasteiger partial charge >= 0.3 is 0 Å². The summed E-state index contributed by atoms with van der Waals surface area (Å²) in [6, 6.07) is 9.02. The summed E-state index contributed by atoms with van der Waals surface area (Å²) in [6.07, 6.45) is 3.26. The van der Waals surface area contributed by atoms with E-state index in [1.165, 1.54) is 48.1 Å². The summed E-state index contributed by atoms with van der Waals surface area (Å²) >= 11 is -2.72. The summed E-state index contributed by atoms with van der Waals surface area (Å²) in [6.45, 7) is 4.09. The lowest BCUT2D eigenvalue weighted by Gasteiger charge is -2.18. The summed E-state index contributed by atoms with van der Waals surface area (Å²) in [7, 11) is 1.39. The van der Waals surface area contributed by atoms with Crippen molar-refractivity contribution in [3.05, 3.63) is 93.3 Å². The lowest BCUT2D eigenvalue weighted by atomic mass is 9.92. The van der Waals surface area contributed by atoms with Gasteiger partial charge in [-0.05, 0) is 48.2 Å². The highest BCUT2D eigenvalue weighted by atomic mass is 32.2. The van der Waals surface area contributed by atoms with Crippen LogP contribution in [0.2, 0.25) is 0 Å². The van der Waals surface area contributed by atoms with Crippen LogP contribution in [-0.4, -0.2) is 15.9 Å². The molecule has 0 aliphatic heterocycles. The van der Waals surface area contributed by atoms with E-state index in [0.717, 1.165) is 19.3 Å². The van der Waals surface area contributed by atoms with E-state index in [2.05, 4.69) is 11.1 Å². The van der Waals surface area contributed by atoms with E-state index in [9.17, 15) is 31.0 Å². The van der Waals surface area contributed by atoms with Gasteiger partial charge in [-0.1, -0.05) is 33.1 Å². The van der Waals surface area contributed by atoms with E-state index < -0.39 is 57.3 Å². The molecular weight excluding hydrogens is 572 g/mol. The molecule has 0 N–H and O–H groups in total. The second kappa shape index (κ2) is 12.4. The van der Waals surface area contributed by atoms with E-state index in [4.69, 9.17) is 4.74 Å². The van der Waals surface area contributed by atoms with Crippen LogP contribution in [0.15, 0.2) is 52.2 Å². The Morgan fingerprint density at radius 2 is 1.54 bits per heavy atom. The third kappa shape index (κ3) is 5.83. The molecule has 0 aliphatic carbocycles. The number of ether oxygens (including phenoxy) is 1. The number of halogens is 6. The first-order valence-electron chi connectivity index (χ1n) is 12.7. The monoisotopic (exact) mass is 597 g/mol. The zero-order valence-corrected chi connectivity index (χ0v) is 23.0. The molecule has 2 unspecified atom stereocenters. The lowest BCUT2D eigenvalue weighted by Crippen LogP contribution is -2.19. The van der Waals surface area contributed by atoms with Crippen LogP contribution >= 0.6 is 0 Å². The fourth-order valence-electron chi connectivity index (χ4n) is 4.61. The highest BCUT2D eigenvalue weighted by Gasteiger charge is 2.29. The maximum atomic E-state index is 15.3. The first-order valence-corrected chi connectivity index (χ1v) is 13.7. The highest BCUT2D eigenvalue weighted by molar-refractivity contribution is 7.80. The minimum atomic E-state index is -2.72. The average molecular weight is 598 g/mol. The SMILES string of the molecule is CCCC(CC)Cc1cc(OC)c(-n2c(=O)ccc3cc(S(=O)Oc4c(F)c(F)c(F)c(F)c4F)ccc32)cc1F. The molecule has 12 heteroatoms. The van der Waals surface area contributed by atoms with Gasteiger partial charge in [0.1, 0.15) is 11.6 Å². The minimum Gasteiger partial charge on any atom is -0.495 e. The Morgan fingerprint density at radius 3 is 2.15 bits per heavy atom. The molecule has 2 atom stereocenters. The van der Waals surface area contributed by atoms with Gasteiger partial charge in [-0.25, -0.2) is 21.8 Å². The minimum absolute atomic E-state index is 0.111. The molecule has 41 heavy (non-hydrogen) atoms. The zero-order chi connectivity index (χ0) is 30.0. The van der Waals surface area contributed by atoms with Crippen LogP contribution in [0.3, 0.4) is 0 Å². The van der Waals surface area contributed by atoms with Crippen LogP contribution < -0.4 is 14.5 Å². The first kappa shape index (κ1) is 30.2. The third-order valence-corrected chi connectivity index (χ3v) is 7.72. The topological polar surface area (TPSA) is 57.5 Å². The van der Waals surface area contributed by atoms with Gasteiger partial charge in [0.2, 0.25) is 45.9 Å². The van der Waals surface area contributed by atoms with Gasteiger partial charge in [0.25, 0.3) is 5.56 Å². The predicted molar refractivity (Wildman–Crippen MR) is 142 cm³/mol. The standard InChI is InChI=1S/C29H25F6NO4S/c1-4-6-15(5-2)11-17-13-22(39-3)21(14-19(17)30)36-20-9-8-18(12-16(20)7-10-23(36)37)41(38)40-29-27(34)25(32)24(31)26(33)28(29)35/h7-10,12-15H,4-6,11H2,1-3H3. The van der Waals surface area contributed by atoms with E-state index in [1.807, 2.05) is 6.92 Å². The summed E-state index contributed by atoms with van der Waals surface area (Å²) in [5.74, 6) is -13.1. The number of hydrogen-bond acceptors (Lipinski definition) is 4. The Morgan fingerprint density at radius 1 is 0.878 bits per heavy atom. The Kier molecular flexibility index (Phi) is 9.11. The van der Waals surface area contributed by atoms with Gasteiger partial charge < -0.3 is 8.92 Å². The van der Waals surface area contributed by atoms with Gasteiger partial charge in [-0.3, -0.25) is 9.36 Å². The van der Waals surface area contributed by atoms with Crippen LogP contribution in [0.25, 0.3) is 16.6 Å². The second-order valence-electron chi connectivity index (χ2n) is 9.33. The smallest absolute Gasteiger partial charge is 0.255 e. The molecule has 3 aromatic carbocycles. The maximum Gasteiger partial charge on any atom is 0.255 e. The van der Waals surface area contributed by atoms with Gasteiger partial charge in [-0.15, -0.1) is 0 Å². The summed E-state index contributed by atoms with van der Waals surface area (Å²) < 4.78 is 108. The first-order chi connectivity index (χ1) is 19.5. The molecule has 0 amide bonds. The van der Waals surface area contributed by atoms with Crippen molar-refractivity contribution in [3.63, 3.8) is 0 Å². The predicted octanol–water partition coefficient (Wildman–Crippen LogP) is 7.30. The van der Waals surface area contributed by atoms with Crippen molar-refractivity contribution < 1.29 is 39.5 Å². The van der Waals surface area contributed by atoms with E-state index >= 15 is 4.39 Å². The molecular formula is C29H25F6NO4S. The average Bonchev–Trinajstić information content (AvgIpc) is 2.97. The molecule has 0 saturated carbocycles. The molecule has 0 bridgehead atoms. The number of rotatable bonds is 10. The van der Waals surface area contributed by atoms with Gasteiger partial charge in [-0.2, -0.15) is 8.78 Å². The third-order valence-electron chi connectivity index (χ3n) is 6.76. The summed E-state index contributed by atoms with van der Waals surface area (Å²) in [4.78, 5) is 12.7. The fourth-order valence-corrected chi connectivity index (χ4v) is 5.40. The van der Waals surface area contributed by atoms with Gasteiger partial charge in [0.15, 0.2) is 0 Å². The number of benzene rings is 3. The zero-order valence-electron chi connectivity index (χ0n) is 22.2. The summed E-state index contributed by atoms with van der Waals surface area (Å²) in [5.41, 5.74) is 0.255. The van der Waals surface area contributed by atoms with E-state index in [-0.39, 0.29) is 33.2 Å². The van der Waals surface area contributed by atoms with Crippen molar-refractivity contribution in [3.8, 4) is 17.2 Å². The van der Waals surface area contributed by atoms with Crippen LogP contribution in [0.5, 0.6) is 11.5 Å². The van der Waals surface area contributed by atoms with Gasteiger partial charge in [0, 0.05) is 17.5 Å². The molecule has 218 valence electrons. The number of methoxy groups -OCH3 is 1. The molecule has 0 aliphatic rings. The van der Waals surface area contributed by atoms with E-state index in [1.54, 1.807) is 6.07 Å². The van der Waals surface area contributed by atoms with Crippen LogP contribution in [0.4, 0.5) is 26.3 Å². The van der Waals surface area contributed by atoms with Crippen molar-refractivity contribution in [2.45, 2.75) is 44.4 Å². The molecule has 5 nitrogen and oxygen atoms in total. The number of fused-ring (bicyclic) bond motifs is 1. The molecule has 4 rings (SSSR count). The van der Waals surface area contributed by atoms with Crippen molar-refractivity contribution >= 4 is 22.0 Å². The Hall–Kier alpha value is -3.80. The number of nitrogens with zero attached hydrogens (tertiary/aromatic N) is 1. The Balaban J connectivity index is 1.75. The fraction of sp³-hybridized carbons (Fsp3) is 0.276. The van der Waals surface area contributed by atoms with Crippen molar-refractivity contribution in [1.29, 1.82) is 0 Å². The number of aromatic nitrogens is 1. The molecule has 0 fully saturated rings. The second-order valence-corrected chi connectivity index (χ2v) is 10.4. The Labute approximate surface area is 234 Å². The normalized spacial score (nSPS) is 12.9. The number of hydrogen-bond donors (Lipinski definition) is 0. The molecule has 0 spiro atoms. The maximum absolute atomic E-state index is 15.3. The van der Waals surface area contributed by atoms with Gasteiger partial charge in [0.05, 0.1) is 23.2 Å². The molecule has 1 heterocycles. The molecule has 4 aromatic rings. The van der Waals surface area contributed by atoms with Crippen LogP contribution in [0.1, 0.15) is 38.7 Å². The Bertz CT molecular complexity index is 1680. The van der Waals surface area contributed by atoms with Crippen molar-refractivity contribution in [2.24, 2.45) is 5.92 Å². The molecule has 0 saturated heterocycles. The highest BCUT2D eigenvalue weighted by Crippen LogP contribution is 2.33. The molecule has 1 aromatic heterocycles. The van der Waals surface area contributed by atoms with Crippen molar-refractivity contribution in [1.82, 2.24) is 4.57 Å². The van der Waals surface area contributed by atoms with Crippen LogP contribution in [0, 0.1) is 40.8 Å². The number of pyridine rings is 1. The van der Waals surface area contributed by atoms with Crippen molar-refractivity contribution in [2.75, 3.05) is 7.11 Å².